The second kappa shape index (κ2) is 7.68. The Morgan fingerprint density at radius 2 is 1.95 bits per heavy atom. The number of aromatic nitrogens is 1. The van der Waals surface area contributed by atoms with Gasteiger partial charge < -0.3 is 10.6 Å². The molecular weight excluding hydrogens is 276 g/mol. The first-order chi connectivity index (χ1) is 9.41. The van der Waals surface area contributed by atoms with E-state index in [0.717, 1.165) is 13.0 Å². The summed E-state index contributed by atoms with van der Waals surface area (Å²) in [7, 11) is 0.482. The van der Waals surface area contributed by atoms with Crippen LogP contribution >= 0.6 is 0 Å². The maximum absolute atomic E-state index is 12.5. The van der Waals surface area contributed by atoms with Crippen molar-refractivity contribution in [1.29, 1.82) is 0 Å². The van der Waals surface area contributed by atoms with Gasteiger partial charge in [0, 0.05) is 25.8 Å². The van der Waals surface area contributed by atoms with Crippen LogP contribution in [0.5, 0.6) is 0 Å². The quantitative estimate of drug-likeness (QED) is 0.756. The molecule has 6 nitrogen and oxygen atoms in total. The maximum Gasteiger partial charge on any atom is 0.244 e. The summed E-state index contributed by atoms with van der Waals surface area (Å²) in [6.45, 7) is 3.97. The highest BCUT2D eigenvalue weighted by molar-refractivity contribution is 7.89. The minimum absolute atomic E-state index is 0.224. The number of nitrogens with zero attached hydrogens (tertiary/aromatic N) is 3. The third kappa shape index (κ3) is 4.52. The van der Waals surface area contributed by atoms with Gasteiger partial charge in [-0.1, -0.05) is 6.92 Å². The molecule has 114 valence electrons. The van der Waals surface area contributed by atoms with Gasteiger partial charge in [0.25, 0.3) is 0 Å². The highest BCUT2D eigenvalue weighted by Gasteiger charge is 2.22. The van der Waals surface area contributed by atoms with Crippen LogP contribution in [0, 0.1) is 0 Å². The summed E-state index contributed by atoms with van der Waals surface area (Å²) in [5, 5.41) is 0. The lowest BCUT2D eigenvalue weighted by molar-refractivity contribution is 0.356. The smallest absolute Gasteiger partial charge is 0.244 e. The van der Waals surface area contributed by atoms with Crippen LogP contribution in [-0.2, 0) is 16.6 Å². The SMILES string of the molecule is CCN(CCCN(C)C)S(=O)(=O)c1ccc(CN)nc1. The van der Waals surface area contributed by atoms with E-state index in [9.17, 15) is 8.42 Å². The van der Waals surface area contributed by atoms with Gasteiger partial charge in [0.15, 0.2) is 0 Å². The first-order valence-corrected chi connectivity index (χ1v) is 8.15. The third-order valence-corrected chi connectivity index (χ3v) is 4.97. The van der Waals surface area contributed by atoms with Crippen molar-refractivity contribution in [3.8, 4) is 0 Å². The summed E-state index contributed by atoms with van der Waals surface area (Å²) in [5.74, 6) is 0. The molecule has 0 saturated heterocycles. The molecule has 20 heavy (non-hydrogen) atoms. The molecule has 1 heterocycles. The lowest BCUT2D eigenvalue weighted by atomic mass is 10.4. The van der Waals surface area contributed by atoms with Gasteiger partial charge in [-0.05, 0) is 39.2 Å². The Morgan fingerprint density at radius 1 is 1.25 bits per heavy atom. The van der Waals surface area contributed by atoms with E-state index in [-0.39, 0.29) is 4.90 Å². The highest BCUT2D eigenvalue weighted by atomic mass is 32.2. The number of hydrogen-bond acceptors (Lipinski definition) is 5. The second-order valence-corrected chi connectivity index (χ2v) is 6.78. The van der Waals surface area contributed by atoms with Crippen molar-refractivity contribution in [2.75, 3.05) is 33.7 Å². The van der Waals surface area contributed by atoms with Crippen LogP contribution in [0.15, 0.2) is 23.2 Å². The van der Waals surface area contributed by atoms with E-state index in [1.807, 2.05) is 25.9 Å². The average Bonchev–Trinajstić information content (AvgIpc) is 2.43. The molecule has 0 aliphatic rings. The van der Waals surface area contributed by atoms with E-state index < -0.39 is 10.0 Å². The number of rotatable bonds is 8. The van der Waals surface area contributed by atoms with Crippen molar-refractivity contribution in [3.05, 3.63) is 24.0 Å². The molecule has 0 spiro atoms. The van der Waals surface area contributed by atoms with Crippen molar-refractivity contribution in [3.63, 3.8) is 0 Å². The van der Waals surface area contributed by atoms with Gasteiger partial charge in [-0.25, -0.2) is 8.42 Å². The van der Waals surface area contributed by atoms with E-state index >= 15 is 0 Å². The summed E-state index contributed by atoms with van der Waals surface area (Å²) in [5.41, 5.74) is 6.14. The minimum Gasteiger partial charge on any atom is -0.325 e. The number of sulfonamides is 1. The fraction of sp³-hybridized carbons (Fsp3) is 0.615. The van der Waals surface area contributed by atoms with E-state index in [0.29, 0.717) is 25.3 Å². The summed E-state index contributed by atoms with van der Waals surface area (Å²) in [4.78, 5) is 6.31. The van der Waals surface area contributed by atoms with Gasteiger partial charge >= 0.3 is 0 Å². The number of nitrogens with two attached hydrogens (primary N) is 1. The summed E-state index contributed by atoms with van der Waals surface area (Å²) < 4.78 is 26.4. The molecule has 0 aromatic carbocycles. The van der Waals surface area contributed by atoms with Crippen LogP contribution in [0.25, 0.3) is 0 Å². The second-order valence-electron chi connectivity index (χ2n) is 4.84. The molecule has 0 radical (unpaired) electrons. The average molecular weight is 300 g/mol. The lowest BCUT2D eigenvalue weighted by Crippen LogP contribution is -2.33. The van der Waals surface area contributed by atoms with Crippen LogP contribution < -0.4 is 5.73 Å². The zero-order valence-corrected chi connectivity index (χ0v) is 13.2. The predicted molar refractivity (Wildman–Crippen MR) is 79.7 cm³/mol. The van der Waals surface area contributed by atoms with Crippen molar-refractivity contribution in [2.45, 2.75) is 24.8 Å². The van der Waals surface area contributed by atoms with Gasteiger partial charge in [0.05, 0.1) is 5.69 Å². The Hall–Kier alpha value is -1.02. The minimum atomic E-state index is -3.46. The van der Waals surface area contributed by atoms with Gasteiger partial charge in [-0.15, -0.1) is 0 Å². The Bertz CT molecular complexity index is 500. The highest BCUT2D eigenvalue weighted by Crippen LogP contribution is 2.15. The molecule has 0 aliphatic heterocycles. The predicted octanol–water partition coefficient (Wildman–Crippen LogP) is 0.503. The van der Waals surface area contributed by atoms with Crippen LogP contribution in [0.4, 0.5) is 0 Å². The molecule has 0 fully saturated rings. The van der Waals surface area contributed by atoms with Crippen LogP contribution in [0.1, 0.15) is 19.0 Å². The van der Waals surface area contributed by atoms with Gasteiger partial charge in [-0.3, -0.25) is 4.98 Å². The lowest BCUT2D eigenvalue weighted by Gasteiger charge is -2.21. The third-order valence-electron chi connectivity index (χ3n) is 3.01. The maximum atomic E-state index is 12.5. The Kier molecular flexibility index (Phi) is 6.54. The molecule has 1 rings (SSSR count). The van der Waals surface area contributed by atoms with Crippen LogP contribution in [0.3, 0.4) is 0 Å². The van der Waals surface area contributed by atoms with E-state index in [1.54, 1.807) is 12.1 Å². The Labute approximate surface area is 121 Å². The molecule has 0 amide bonds. The fourth-order valence-corrected chi connectivity index (χ4v) is 3.28. The van der Waals surface area contributed by atoms with E-state index in [4.69, 9.17) is 5.73 Å². The summed E-state index contributed by atoms with van der Waals surface area (Å²) in [6.07, 6.45) is 2.18. The molecule has 0 aliphatic carbocycles. The standard InChI is InChI=1S/C13H24N4O2S/c1-4-17(9-5-8-16(2)3)20(18,19)13-7-6-12(10-14)15-11-13/h6-7,11H,4-5,8-10,14H2,1-3H3. The van der Waals surface area contributed by atoms with Crippen molar-refractivity contribution >= 4 is 10.0 Å². The first kappa shape index (κ1) is 17.0. The summed E-state index contributed by atoms with van der Waals surface area (Å²) in [6, 6.07) is 3.22. The molecule has 0 saturated carbocycles. The normalized spacial score (nSPS) is 12.3. The molecule has 1 aromatic heterocycles. The monoisotopic (exact) mass is 300 g/mol. The largest absolute Gasteiger partial charge is 0.325 e. The van der Waals surface area contributed by atoms with Crippen LogP contribution in [-0.4, -0.2) is 56.3 Å². The van der Waals surface area contributed by atoms with Gasteiger partial charge in [-0.2, -0.15) is 4.31 Å². The molecule has 0 atom stereocenters. The Morgan fingerprint density at radius 3 is 2.40 bits per heavy atom. The molecule has 7 heteroatoms. The van der Waals surface area contributed by atoms with E-state index in [1.165, 1.54) is 10.5 Å². The summed E-state index contributed by atoms with van der Waals surface area (Å²) >= 11 is 0. The molecule has 0 unspecified atom stereocenters. The molecular formula is C13H24N4O2S. The van der Waals surface area contributed by atoms with Crippen molar-refractivity contribution < 1.29 is 8.42 Å². The van der Waals surface area contributed by atoms with E-state index in [2.05, 4.69) is 4.98 Å². The fourth-order valence-electron chi connectivity index (χ4n) is 1.84. The molecule has 1 aromatic rings. The van der Waals surface area contributed by atoms with Crippen molar-refractivity contribution in [2.24, 2.45) is 5.73 Å². The first-order valence-electron chi connectivity index (χ1n) is 6.71. The van der Waals surface area contributed by atoms with Crippen LogP contribution in [0.2, 0.25) is 0 Å². The number of hydrogen-bond donors (Lipinski definition) is 1. The topological polar surface area (TPSA) is 79.5 Å². The van der Waals surface area contributed by atoms with Crippen molar-refractivity contribution in [1.82, 2.24) is 14.2 Å². The van der Waals surface area contributed by atoms with Gasteiger partial charge in [0.2, 0.25) is 10.0 Å². The molecule has 2 N–H and O–H groups in total. The Balaban J connectivity index is 2.82. The number of pyridine rings is 1. The zero-order valence-electron chi connectivity index (χ0n) is 12.4. The van der Waals surface area contributed by atoms with Gasteiger partial charge in [0.1, 0.15) is 4.90 Å². The molecule has 0 bridgehead atoms. The zero-order chi connectivity index (χ0) is 15.2.